The Labute approximate surface area is 144 Å². The molecule has 0 saturated heterocycles. The van der Waals surface area contributed by atoms with Gasteiger partial charge in [0.05, 0.1) is 6.61 Å². The van der Waals surface area contributed by atoms with Gasteiger partial charge in [-0.3, -0.25) is 9.59 Å². The van der Waals surface area contributed by atoms with Gasteiger partial charge in [-0.1, -0.05) is 6.07 Å². The zero-order valence-corrected chi connectivity index (χ0v) is 13.7. The third-order valence-electron chi connectivity index (χ3n) is 4.11. The molecule has 1 aliphatic heterocycles. The van der Waals surface area contributed by atoms with E-state index in [1.807, 2.05) is 0 Å². The summed E-state index contributed by atoms with van der Waals surface area (Å²) in [6, 6.07) is 8.54. The second-order valence-corrected chi connectivity index (χ2v) is 5.75. The first kappa shape index (κ1) is 17.1. The molecule has 1 heterocycles. The molecule has 6 heteroatoms. The minimum absolute atomic E-state index is 0.149. The van der Waals surface area contributed by atoms with Crippen molar-refractivity contribution in [1.82, 2.24) is 0 Å². The highest BCUT2D eigenvalue weighted by molar-refractivity contribution is 6.00. The van der Waals surface area contributed by atoms with E-state index in [2.05, 4.69) is 0 Å². The van der Waals surface area contributed by atoms with Gasteiger partial charge < -0.3 is 9.64 Å². The topological polar surface area (TPSA) is 46.6 Å². The maximum Gasteiger partial charge on any atom is 0.326 e. The molecule has 0 N–H and O–H groups in total. The lowest BCUT2D eigenvalue weighted by molar-refractivity contribution is -0.142. The Balaban J connectivity index is 1.94. The molecular weight excluding hydrogens is 328 g/mol. The van der Waals surface area contributed by atoms with E-state index in [0.29, 0.717) is 17.7 Å². The Hall–Kier alpha value is -2.76. The Bertz CT molecular complexity index is 835. The van der Waals surface area contributed by atoms with Crippen LogP contribution in [0.5, 0.6) is 0 Å². The minimum Gasteiger partial charge on any atom is -0.465 e. The van der Waals surface area contributed by atoms with Crippen molar-refractivity contribution in [2.24, 2.45) is 0 Å². The van der Waals surface area contributed by atoms with Crippen LogP contribution in [-0.2, 0) is 20.7 Å². The van der Waals surface area contributed by atoms with Crippen LogP contribution < -0.4 is 4.90 Å². The van der Waals surface area contributed by atoms with Gasteiger partial charge in [-0.05, 0) is 48.7 Å². The van der Waals surface area contributed by atoms with E-state index in [9.17, 15) is 18.4 Å². The summed E-state index contributed by atoms with van der Waals surface area (Å²) in [7, 11) is 0. The molecule has 0 aliphatic carbocycles. The highest BCUT2D eigenvalue weighted by atomic mass is 19.1. The van der Waals surface area contributed by atoms with E-state index in [0.717, 1.165) is 11.6 Å². The maximum absolute atomic E-state index is 14.0. The number of ether oxygens (including phenoxy) is 1. The smallest absolute Gasteiger partial charge is 0.326 e. The van der Waals surface area contributed by atoms with Crippen molar-refractivity contribution < 1.29 is 23.1 Å². The Kier molecular flexibility index (Phi) is 4.79. The van der Waals surface area contributed by atoms with Crippen molar-refractivity contribution in [2.75, 3.05) is 18.1 Å². The van der Waals surface area contributed by atoms with Crippen LogP contribution in [0.1, 0.15) is 18.9 Å². The van der Waals surface area contributed by atoms with Gasteiger partial charge in [0, 0.05) is 23.7 Å². The fraction of sp³-hybridized carbons (Fsp3) is 0.263. The molecule has 0 saturated carbocycles. The number of carbonyl (C=O) groups is 2. The summed E-state index contributed by atoms with van der Waals surface area (Å²) in [5, 5.41) is 0. The summed E-state index contributed by atoms with van der Waals surface area (Å²) >= 11 is 0. The largest absolute Gasteiger partial charge is 0.465 e. The summed E-state index contributed by atoms with van der Waals surface area (Å²) in [6.45, 7) is 1.80. The molecule has 0 bridgehead atoms. The number of rotatable bonds is 4. The normalized spacial score (nSPS) is 13.6. The van der Waals surface area contributed by atoms with Crippen LogP contribution in [0.2, 0.25) is 0 Å². The average Bonchev–Trinajstić information content (AvgIpc) is 2.57. The van der Waals surface area contributed by atoms with E-state index in [4.69, 9.17) is 4.74 Å². The summed E-state index contributed by atoms with van der Waals surface area (Å²) in [4.78, 5) is 25.3. The second kappa shape index (κ2) is 7.01. The third-order valence-corrected chi connectivity index (χ3v) is 4.11. The van der Waals surface area contributed by atoms with E-state index >= 15 is 0 Å². The zero-order valence-electron chi connectivity index (χ0n) is 13.7. The standard InChI is InChI=1S/C19H17F2NO3/c1-2-25-19(24)11-22-17-7-3-12(9-13(17)4-8-18(22)23)15-6-5-14(20)10-16(15)21/h3,5-7,9-10H,2,4,8,11H2,1H3. The van der Waals surface area contributed by atoms with Gasteiger partial charge >= 0.3 is 5.97 Å². The molecule has 2 aromatic carbocycles. The molecule has 1 aliphatic rings. The quantitative estimate of drug-likeness (QED) is 0.797. The number of hydrogen-bond donors (Lipinski definition) is 0. The summed E-state index contributed by atoms with van der Waals surface area (Å²) < 4.78 is 32.0. The van der Waals surface area contributed by atoms with Crippen molar-refractivity contribution in [1.29, 1.82) is 0 Å². The maximum atomic E-state index is 14.0. The van der Waals surface area contributed by atoms with Crippen LogP contribution in [-0.4, -0.2) is 25.0 Å². The highest BCUT2D eigenvalue weighted by Gasteiger charge is 2.26. The number of esters is 1. The fourth-order valence-corrected chi connectivity index (χ4v) is 2.96. The first-order chi connectivity index (χ1) is 12.0. The third kappa shape index (κ3) is 3.52. The molecule has 130 valence electrons. The van der Waals surface area contributed by atoms with E-state index in [-0.39, 0.29) is 31.0 Å². The predicted octanol–water partition coefficient (Wildman–Crippen LogP) is 3.47. The number of carbonyl (C=O) groups excluding carboxylic acids is 2. The van der Waals surface area contributed by atoms with Gasteiger partial charge in [0.25, 0.3) is 0 Å². The molecule has 0 atom stereocenters. The van der Waals surface area contributed by atoms with Crippen molar-refractivity contribution in [3.8, 4) is 11.1 Å². The number of halogens is 2. The summed E-state index contributed by atoms with van der Waals surface area (Å²) in [5.74, 6) is -1.90. The highest BCUT2D eigenvalue weighted by Crippen LogP contribution is 2.33. The van der Waals surface area contributed by atoms with Gasteiger partial charge in [0.2, 0.25) is 5.91 Å². The Morgan fingerprint density at radius 2 is 1.96 bits per heavy atom. The number of benzene rings is 2. The lowest BCUT2D eigenvalue weighted by Gasteiger charge is -2.29. The molecule has 1 amide bonds. The molecule has 0 unspecified atom stereocenters. The molecule has 2 aromatic rings. The number of anilines is 1. The van der Waals surface area contributed by atoms with Crippen molar-refractivity contribution in [2.45, 2.75) is 19.8 Å². The van der Waals surface area contributed by atoms with Crippen LogP contribution in [0.25, 0.3) is 11.1 Å². The first-order valence-electron chi connectivity index (χ1n) is 8.04. The Morgan fingerprint density at radius 1 is 1.16 bits per heavy atom. The average molecular weight is 345 g/mol. The fourth-order valence-electron chi connectivity index (χ4n) is 2.96. The van der Waals surface area contributed by atoms with Crippen molar-refractivity contribution >= 4 is 17.6 Å². The van der Waals surface area contributed by atoms with E-state index < -0.39 is 17.6 Å². The number of hydrogen-bond acceptors (Lipinski definition) is 3. The van der Waals surface area contributed by atoms with E-state index in [1.165, 1.54) is 17.0 Å². The molecule has 0 aromatic heterocycles. The van der Waals surface area contributed by atoms with Crippen LogP contribution in [0, 0.1) is 11.6 Å². The molecule has 25 heavy (non-hydrogen) atoms. The van der Waals surface area contributed by atoms with Gasteiger partial charge in [-0.15, -0.1) is 0 Å². The van der Waals surface area contributed by atoms with Gasteiger partial charge in [0.15, 0.2) is 0 Å². The lowest BCUT2D eigenvalue weighted by atomic mass is 9.95. The van der Waals surface area contributed by atoms with Crippen LogP contribution >= 0.6 is 0 Å². The molecule has 4 nitrogen and oxygen atoms in total. The molecule has 0 spiro atoms. The monoisotopic (exact) mass is 345 g/mol. The van der Waals surface area contributed by atoms with Crippen molar-refractivity contribution in [3.63, 3.8) is 0 Å². The van der Waals surface area contributed by atoms with Crippen molar-refractivity contribution in [3.05, 3.63) is 53.6 Å². The summed E-state index contributed by atoms with van der Waals surface area (Å²) in [5.41, 5.74) is 2.35. The molecule has 0 fully saturated rings. The molecule has 3 rings (SSSR count). The summed E-state index contributed by atoms with van der Waals surface area (Å²) in [6.07, 6.45) is 0.770. The zero-order chi connectivity index (χ0) is 18.0. The minimum atomic E-state index is -0.643. The van der Waals surface area contributed by atoms with Crippen LogP contribution in [0.3, 0.4) is 0 Å². The first-order valence-corrected chi connectivity index (χ1v) is 8.04. The van der Waals surface area contributed by atoms with Crippen LogP contribution in [0.4, 0.5) is 14.5 Å². The lowest BCUT2D eigenvalue weighted by Crippen LogP contribution is -2.39. The Morgan fingerprint density at radius 3 is 2.68 bits per heavy atom. The van der Waals surface area contributed by atoms with E-state index in [1.54, 1.807) is 25.1 Å². The van der Waals surface area contributed by atoms with Gasteiger partial charge in [0.1, 0.15) is 18.2 Å². The molecule has 0 radical (unpaired) electrons. The number of aryl methyl sites for hydroxylation is 1. The predicted molar refractivity (Wildman–Crippen MR) is 89.1 cm³/mol. The number of fused-ring (bicyclic) bond motifs is 1. The number of nitrogens with zero attached hydrogens (tertiary/aromatic N) is 1. The van der Waals surface area contributed by atoms with Crippen LogP contribution in [0.15, 0.2) is 36.4 Å². The van der Waals surface area contributed by atoms with Gasteiger partial charge in [-0.25, -0.2) is 8.78 Å². The SMILES string of the molecule is CCOC(=O)CN1C(=O)CCc2cc(-c3ccc(F)cc3F)ccc21. The molecular formula is C19H17F2NO3. The number of amides is 1. The van der Waals surface area contributed by atoms with Gasteiger partial charge in [-0.2, -0.15) is 0 Å². The second-order valence-electron chi connectivity index (χ2n) is 5.75.